The maximum Gasteiger partial charge on any atom is 0.293 e. The second kappa shape index (κ2) is 7.61. The van der Waals surface area contributed by atoms with Crippen molar-refractivity contribution < 1.29 is 14.5 Å². The first-order chi connectivity index (χ1) is 13.0. The number of aromatic hydroxyl groups is 1. The summed E-state index contributed by atoms with van der Waals surface area (Å²) >= 11 is 0. The van der Waals surface area contributed by atoms with Gasteiger partial charge in [-0.1, -0.05) is 17.3 Å². The number of hydrogen-bond donors (Lipinski definition) is 3. The van der Waals surface area contributed by atoms with Crippen LogP contribution in [-0.2, 0) is 6.54 Å². The number of nitrogens with zero attached hydrogens (tertiary/aromatic N) is 7. The van der Waals surface area contributed by atoms with Gasteiger partial charge in [-0.25, -0.2) is 10.1 Å². The van der Waals surface area contributed by atoms with Crippen LogP contribution in [0.1, 0.15) is 21.7 Å². The number of nitrogens with two attached hydrogens (primary N) is 1. The third kappa shape index (κ3) is 4.07. The van der Waals surface area contributed by atoms with E-state index in [-0.39, 0.29) is 23.1 Å². The van der Waals surface area contributed by atoms with E-state index in [0.29, 0.717) is 17.8 Å². The second-order valence-electron chi connectivity index (χ2n) is 5.80. The van der Waals surface area contributed by atoms with Gasteiger partial charge in [0.2, 0.25) is 11.6 Å². The van der Waals surface area contributed by atoms with Crippen LogP contribution in [-0.4, -0.2) is 61.5 Å². The standard InChI is InChI=1S/C15H17N9O3/c1-23(2)8-11-12(18-22-24(11)14-13(16)20-27-21-14)15(26)19-17-7-9-4-3-5-10(25)6-9/h3-7,25H,8H2,1-2H3,(H2,16,20)(H,19,26)/b17-7-. The Hall–Kier alpha value is -3.80. The number of rotatable bonds is 6. The van der Waals surface area contributed by atoms with Gasteiger partial charge in [-0.2, -0.15) is 9.78 Å². The van der Waals surface area contributed by atoms with E-state index in [1.807, 2.05) is 19.0 Å². The number of phenolic OH excluding ortho intramolecular Hbond substituents is 1. The van der Waals surface area contributed by atoms with E-state index in [9.17, 15) is 9.90 Å². The van der Waals surface area contributed by atoms with E-state index in [4.69, 9.17) is 5.73 Å². The molecule has 4 N–H and O–H groups in total. The summed E-state index contributed by atoms with van der Waals surface area (Å²) < 4.78 is 5.87. The number of carbonyl (C=O) groups excluding carboxylic acids is 1. The molecule has 2 heterocycles. The minimum atomic E-state index is -0.565. The molecule has 1 amide bonds. The van der Waals surface area contributed by atoms with Gasteiger partial charge in [0.1, 0.15) is 5.75 Å². The Morgan fingerprint density at radius 2 is 2.26 bits per heavy atom. The highest BCUT2D eigenvalue weighted by Gasteiger charge is 2.24. The molecule has 0 aliphatic heterocycles. The Labute approximate surface area is 153 Å². The Morgan fingerprint density at radius 3 is 2.93 bits per heavy atom. The van der Waals surface area contributed by atoms with Crippen molar-refractivity contribution in [3.63, 3.8) is 0 Å². The number of carbonyl (C=O) groups is 1. The lowest BCUT2D eigenvalue weighted by Crippen LogP contribution is -2.23. The lowest BCUT2D eigenvalue weighted by atomic mass is 10.2. The summed E-state index contributed by atoms with van der Waals surface area (Å²) in [6.07, 6.45) is 1.40. The first kappa shape index (κ1) is 18.0. The fraction of sp³-hybridized carbons (Fsp3) is 0.200. The van der Waals surface area contributed by atoms with Crippen LogP contribution in [0, 0.1) is 0 Å². The summed E-state index contributed by atoms with van der Waals surface area (Å²) in [7, 11) is 3.65. The van der Waals surface area contributed by atoms with Crippen LogP contribution < -0.4 is 11.2 Å². The first-order valence-electron chi connectivity index (χ1n) is 7.76. The number of hydrogen-bond acceptors (Lipinski definition) is 10. The average molecular weight is 371 g/mol. The van der Waals surface area contributed by atoms with Crippen LogP contribution in [0.25, 0.3) is 5.82 Å². The van der Waals surface area contributed by atoms with Gasteiger partial charge >= 0.3 is 0 Å². The van der Waals surface area contributed by atoms with Gasteiger partial charge in [0.05, 0.1) is 11.9 Å². The van der Waals surface area contributed by atoms with Crippen molar-refractivity contribution in [1.82, 2.24) is 35.6 Å². The van der Waals surface area contributed by atoms with Crippen molar-refractivity contribution in [2.45, 2.75) is 6.54 Å². The molecule has 0 spiro atoms. The number of benzene rings is 1. The third-order valence-electron chi connectivity index (χ3n) is 3.39. The molecular weight excluding hydrogens is 354 g/mol. The van der Waals surface area contributed by atoms with Gasteiger partial charge in [-0.15, -0.1) is 5.10 Å². The fourth-order valence-electron chi connectivity index (χ4n) is 2.25. The van der Waals surface area contributed by atoms with E-state index >= 15 is 0 Å². The second-order valence-corrected chi connectivity index (χ2v) is 5.80. The summed E-state index contributed by atoms with van der Waals surface area (Å²) in [6.45, 7) is 0.332. The maximum atomic E-state index is 12.5. The molecule has 12 heteroatoms. The van der Waals surface area contributed by atoms with Crippen molar-refractivity contribution in [2.75, 3.05) is 19.8 Å². The largest absolute Gasteiger partial charge is 0.508 e. The van der Waals surface area contributed by atoms with E-state index in [1.54, 1.807) is 12.1 Å². The number of phenols is 1. The minimum Gasteiger partial charge on any atom is -0.508 e. The number of amides is 1. The molecule has 0 aliphatic rings. The molecular formula is C15H17N9O3. The Kier molecular flexibility index (Phi) is 5.08. The van der Waals surface area contributed by atoms with Crippen molar-refractivity contribution in [3.8, 4) is 11.6 Å². The predicted molar refractivity (Wildman–Crippen MR) is 94.2 cm³/mol. The summed E-state index contributed by atoms with van der Waals surface area (Å²) in [4.78, 5) is 14.3. The summed E-state index contributed by atoms with van der Waals surface area (Å²) in [5.41, 5.74) is 9.19. The smallest absolute Gasteiger partial charge is 0.293 e. The Morgan fingerprint density at radius 1 is 1.44 bits per heavy atom. The molecule has 0 aliphatic carbocycles. The molecule has 27 heavy (non-hydrogen) atoms. The number of nitrogens with one attached hydrogen (secondary N) is 1. The summed E-state index contributed by atoms with van der Waals surface area (Å²) in [5, 5.41) is 28.3. The predicted octanol–water partition coefficient (Wildman–Crippen LogP) is -0.236. The zero-order chi connectivity index (χ0) is 19.4. The van der Waals surface area contributed by atoms with Gasteiger partial charge in [0.15, 0.2) is 5.69 Å². The molecule has 12 nitrogen and oxygen atoms in total. The van der Waals surface area contributed by atoms with Gasteiger partial charge in [-0.3, -0.25) is 4.79 Å². The molecule has 3 aromatic rings. The minimum absolute atomic E-state index is 0.0220. The molecule has 3 rings (SSSR count). The SMILES string of the molecule is CN(C)Cc1c(C(=O)N/N=C\c2cccc(O)c2)nnn1-c1nonc1N. The number of nitrogen functional groups attached to an aromatic ring is 1. The van der Waals surface area contributed by atoms with Crippen LogP contribution in [0.4, 0.5) is 5.82 Å². The van der Waals surface area contributed by atoms with Crippen molar-refractivity contribution >= 4 is 17.9 Å². The highest BCUT2D eigenvalue weighted by Crippen LogP contribution is 2.16. The van der Waals surface area contributed by atoms with Crippen molar-refractivity contribution in [2.24, 2.45) is 5.10 Å². The van der Waals surface area contributed by atoms with Crippen LogP contribution in [0.15, 0.2) is 34.0 Å². The highest BCUT2D eigenvalue weighted by molar-refractivity contribution is 5.94. The van der Waals surface area contributed by atoms with E-state index in [1.165, 1.54) is 23.0 Å². The summed E-state index contributed by atoms with van der Waals surface area (Å²) in [5.74, 6) is -0.305. The fourth-order valence-corrected chi connectivity index (χ4v) is 2.25. The first-order valence-corrected chi connectivity index (χ1v) is 7.76. The molecule has 0 saturated heterocycles. The summed E-state index contributed by atoms with van der Waals surface area (Å²) in [6, 6.07) is 6.43. The lowest BCUT2D eigenvalue weighted by Gasteiger charge is -2.11. The van der Waals surface area contributed by atoms with Crippen molar-refractivity contribution in [1.29, 1.82) is 0 Å². The van der Waals surface area contributed by atoms with Gasteiger partial charge in [0.25, 0.3) is 5.91 Å². The number of anilines is 1. The van der Waals surface area contributed by atoms with Gasteiger partial charge in [-0.05, 0) is 42.1 Å². The molecule has 0 unspecified atom stereocenters. The molecule has 1 aromatic carbocycles. The Bertz CT molecular complexity index is 977. The highest BCUT2D eigenvalue weighted by atomic mass is 16.6. The molecule has 0 saturated carbocycles. The molecule has 140 valence electrons. The monoisotopic (exact) mass is 371 g/mol. The van der Waals surface area contributed by atoms with Crippen LogP contribution >= 0.6 is 0 Å². The average Bonchev–Trinajstić information content (AvgIpc) is 3.20. The van der Waals surface area contributed by atoms with E-state index < -0.39 is 5.91 Å². The lowest BCUT2D eigenvalue weighted by molar-refractivity contribution is 0.0948. The van der Waals surface area contributed by atoms with Gasteiger partial charge < -0.3 is 15.7 Å². The van der Waals surface area contributed by atoms with Crippen LogP contribution in [0.5, 0.6) is 5.75 Å². The zero-order valence-corrected chi connectivity index (χ0v) is 14.6. The zero-order valence-electron chi connectivity index (χ0n) is 14.6. The normalized spacial score (nSPS) is 11.4. The van der Waals surface area contributed by atoms with Crippen LogP contribution in [0.2, 0.25) is 0 Å². The molecule has 0 radical (unpaired) electrons. The maximum absolute atomic E-state index is 12.5. The molecule has 0 fully saturated rings. The molecule has 2 aromatic heterocycles. The topological polar surface area (TPSA) is 161 Å². The Balaban J connectivity index is 1.84. The van der Waals surface area contributed by atoms with E-state index in [2.05, 4.69) is 35.8 Å². The third-order valence-corrected chi connectivity index (χ3v) is 3.39. The van der Waals surface area contributed by atoms with Crippen molar-refractivity contribution in [3.05, 3.63) is 41.2 Å². The van der Waals surface area contributed by atoms with E-state index in [0.717, 1.165) is 0 Å². The van der Waals surface area contributed by atoms with Crippen LogP contribution in [0.3, 0.4) is 0 Å². The molecule has 0 atom stereocenters. The quantitative estimate of drug-likeness (QED) is 0.392. The van der Waals surface area contributed by atoms with Gasteiger partial charge in [0, 0.05) is 6.54 Å². The number of hydrazone groups is 1. The molecule has 0 bridgehead atoms. The number of aromatic nitrogens is 5.